The van der Waals surface area contributed by atoms with Crippen LogP contribution < -0.4 is 0 Å². The van der Waals surface area contributed by atoms with Crippen LogP contribution in [-0.4, -0.2) is 24.3 Å². The van der Waals surface area contributed by atoms with E-state index >= 15 is 0 Å². The molecule has 0 aliphatic heterocycles. The Labute approximate surface area is 120 Å². The van der Waals surface area contributed by atoms with Gasteiger partial charge in [0.25, 0.3) is 0 Å². The second-order valence-electron chi connectivity index (χ2n) is 5.27. The number of carbonyl (C=O) groups excluding carboxylic acids is 2. The summed E-state index contributed by atoms with van der Waals surface area (Å²) < 4.78 is 4.78. The van der Waals surface area contributed by atoms with E-state index < -0.39 is 5.97 Å². The standard InChI is InChI=1S/C16H25NO3/c1-5-7-11(3)8-9-13-12(6-2)15(16(19)20-4)14(10-18)17-13/h10-11,17H,5-9H2,1-4H3. The van der Waals surface area contributed by atoms with E-state index in [4.69, 9.17) is 4.74 Å². The lowest BCUT2D eigenvalue weighted by atomic mass is 9.97. The molecule has 1 atom stereocenters. The summed E-state index contributed by atoms with van der Waals surface area (Å²) in [4.78, 5) is 26.1. The second-order valence-corrected chi connectivity index (χ2v) is 5.27. The number of rotatable bonds is 8. The van der Waals surface area contributed by atoms with Crippen LogP contribution in [0.15, 0.2) is 0 Å². The minimum absolute atomic E-state index is 0.340. The van der Waals surface area contributed by atoms with Gasteiger partial charge in [-0.15, -0.1) is 0 Å². The number of aryl methyl sites for hydroxylation is 1. The van der Waals surface area contributed by atoms with Gasteiger partial charge in [0, 0.05) is 5.69 Å². The maximum Gasteiger partial charge on any atom is 0.340 e. The Morgan fingerprint density at radius 2 is 2.05 bits per heavy atom. The smallest absolute Gasteiger partial charge is 0.340 e. The number of ether oxygens (including phenoxy) is 1. The van der Waals surface area contributed by atoms with E-state index in [9.17, 15) is 9.59 Å². The lowest BCUT2D eigenvalue weighted by molar-refractivity contribution is 0.0597. The molecule has 0 bridgehead atoms. The molecule has 1 rings (SSSR count). The van der Waals surface area contributed by atoms with E-state index in [1.54, 1.807) is 0 Å². The minimum Gasteiger partial charge on any atom is -0.465 e. The fourth-order valence-electron chi connectivity index (χ4n) is 2.67. The Morgan fingerprint density at radius 3 is 2.55 bits per heavy atom. The lowest BCUT2D eigenvalue weighted by Gasteiger charge is -2.10. The van der Waals surface area contributed by atoms with Gasteiger partial charge in [0.1, 0.15) is 0 Å². The van der Waals surface area contributed by atoms with Crippen molar-refractivity contribution >= 4 is 12.3 Å². The zero-order valence-electron chi connectivity index (χ0n) is 12.9. The summed E-state index contributed by atoms with van der Waals surface area (Å²) in [6, 6.07) is 0. The highest BCUT2D eigenvalue weighted by atomic mass is 16.5. The first kappa shape index (κ1) is 16.5. The molecule has 0 spiro atoms. The summed E-state index contributed by atoms with van der Waals surface area (Å²) >= 11 is 0. The summed E-state index contributed by atoms with van der Waals surface area (Å²) in [5.41, 5.74) is 2.66. The first-order chi connectivity index (χ1) is 9.58. The van der Waals surface area contributed by atoms with E-state index in [2.05, 4.69) is 18.8 Å². The molecule has 1 aromatic rings. The number of hydrogen-bond acceptors (Lipinski definition) is 3. The molecule has 0 amide bonds. The third-order valence-corrected chi connectivity index (χ3v) is 3.75. The molecule has 1 heterocycles. The van der Waals surface area contributed by atoms with E-state index in [1.807, 2.05) is 6.92 Å². The SMILES string of the molecule is CCCC(C)CCc1[nH]c(C=O)c(C(=O)OC)c1CC. The monoisotopic (exact) mass is 279 g/mol. The summed E-state index contributed by atoms with van der Waals surface area (Å²) in [6.45, 7) is 6.41. The maximum absolute atomic E-state index is 11.8. The molecule has 0 fully saturated rings. The van der Waals surface area contributed by atoms with Crippen LogP contribution >= 0.6 is 0 Å². The predicted octanol–water partition coefficient (Wildman–Crippen LogP) is 3.55. The van der Waals surface area contributed by atoms with Crippen molar-refractivity contribution in [3.8, 4) is 0 Å². The average Bonchev–Trinajstić information content (AvgIpc) is 2.82. The van der Waals surface area contributed by atoms with Gasteiger partial charge in [-0.25, -0.2) is 4.79 Å². The zero-order valence-corrected chi connectivity index (χ0v) is 12.9. The largest absolute Gasteiger partial charge is 0.465 e. The molecule has 1 unspecified atom stereocenters. The second kappa shape index (κ2) is 7.88. The molecule has 1 N–H and O–H groups in total. The van der Waals surface area contributed by atoms with Crippen molar-refractivity contribution in [1.29, 1.82) is 0 Å². The van der Waals surface area contributed by atoms with Gasteiger partial charge in [0.05, 0.1) is 18.4 Å². The number of methoxy groups -OCH3 is 1. The van der Waals surface area contributed by atoms with Gasteiger partial charge < -0.3 is 9.72 Å². The molecule has 1 aromatic heterocycles. The van der Waals surface area contributed by atoms with E-state index in [0.29, 0.717) is 29.9 Å². The molecule has 0 radical (unpaired) electrons. The van der Waals surface area contributed by atoms with Crippen LogP contribution in [0.1, 0.15) is 72.1 Å². The van der Waals surface area contributed by atoms with Gasteiger partial charge in [-0.1, -0.05) is 33.6 Å². The van der Waals surface area contributed by atoms with Crippen molar-refractivity contribution in [1.82, 2.24) is 4.98 Å². The van der Waals surface area contributed by atoms with Gasteiger partial charge in [-0.2, -0.15) is 0 Å². The highest BCUT2D eigenvalue weighted by Gasteiger charge is 2.22. The van der Waals surface area contributed by atoms with Gasteiger partial charge >= 0.3 is 5.97 Å². The van der Waals surface area contributed by atoms with Crippen LogP contribution in [-0.2, 0) is 17.6 Å². The molecule has 0 aliphatic rings. The van der Waals surface area contributed by atoms with Crippen LogP contribution in [0.5, 0.6) is 0 Å². The molecule has 4 heteroatoms. The number of esters is 1. The average molecular weight is 279 g/mol. The Hall–Kier alpha value is -1.58. The van der Waals surface area contributed by atoms with E-state index in [1.165, 1.54) is 20.0 Å². The number of H-pyrrole nitrogens is 1. The maximum atomic E-state index is 11.8. The summed E-state index contributed by atoms with van der Waals surface area (Å²) in [5, 5.41) is 0. The normalized spacial score (nSPS) is 12.2. The number of hydrogen-bond donors (Lipinski definition) is 1. The first-order valence-electron chi connectivity index (χ1n) is 7.36. The fraction of sp³-hybridized carbons (Fsp3) is 0.625. The number of aromatic nitrogens is 1. The number of aldehydes is 1. The van der Waals surface area contributed by atoms with Gasteiger partial charge in [0.15, 0.2) is 6.29 Å². The van der Waals surface area contributed by atoms with Gasteiger partial charge in [-0.3, -0.25) is 4.79 Å². The molecular weight excluding hydrogens is 254 g/mol. The predicted molar refractivity (Wildman–Crippen MR) is 79.3 cm³/mol. The summed E-state index contributed by atoms with van der Waals surface area (Å²) in [7, 11) is 1.34. The number of nitrogens with one attached hydrogen (secondary N) is 1. The molecule has 4 nitrogen and oxygen atoms in total. The van der Waals surface area contributed by atoms with Crippen LogP contribution in [0.25, 0.3) is 0 Å². The number of carbonyl (C=O) groups is 2. The highest BCUT2D eigenvalue weighted by molar-refractivity contribution is 5.99. The molecule has 0 saturated carbocycles. The Balaban J connectivity index is 2.99. The quantitative estimate of drug-likeness (QED) is 0.585. The number of aromatic amines is 1. The third kappa shape index (κ3) is 3.71. The van der Waals surface area contributed by atoms with Crippen molar-refractivity contribution in [2.24, 2.45) is 5.92 Å². The Bertz CT molecular complexity index is 463. The molecule has 112 valence electrons. The summed E-state index contributed by atoms with van der Waals surface area (Å²) in [6.07, 6.45) is 5.71. The van der Waals surface area contributed by atoms with Gasteiger partial charge in [-0.05, 0) is 30.7 Å². The Morgan fingerprint density at radius 1 is 1.35 bits per heavy atom. The minimum atomic E-state index is -0.437. The van der Waals surface area contributed by atoms with Crippen molar-refractivity contribution in [2.75, 3.05) is 7.11 Å². The fourth-order valence-corrected chi connectivity index (χ4v) is 2.67. The molecule has 0 aliphatic carbocycles. The highest BCUT2D eigenvalue weighted by Crippen LogP contribution is 2.23. The lowest BCUT2D eigenvalue weighted by Crippen LogP contribution is -2.06. The zero-order chi connectivity index (χ0) is 15.1. The first-order valence-corrected chi connectivity index (χ1v) is 7.36. The van der Waals surface area contributed by atoms with Crippen LogP contribution in [0.3, 0.4) is 0 Å². The topological polar surface area (TPSA) is 59.2 Å². The van der Waals surface area contributed by atoms with Crippen molar-refractivity contribution in [3.63, 3.8) is 0 Å². The molecule has 20 heavy (non-hydrogen) atoms. The van der Waals surface area contributed by atoms with Crippen LogP contribution in [0.2, 0.25) is 0 Å². The van der Waals surface area contributed by atoms with Crippen molar-refractivity contribution in [3.05, 3.63) is 22.5 Å². The van der Waals surface area contributed by atoms with Crippen molar-refractivity contribution < 1.29 is 14.3 Å². The van der Waals surface area contributed by atoms with Crippen molar-refractivity contribution in [2.45, 2.75) is 52.9 Å². The summed E-state index contributed by atoms with van der Waals surface area (Å²) in [5.74, 6) is 0.210. The molecule has 0 aromatic carbocycles. The van der Waals surface area contributed by atoms with E-state index in [-0.39, 0.29) is 0 Å². The van der Waals surface area contributed by atoms with Crippen LogP contribution in [0, 0.1) is 5.92 Å². The van der Waals surface area contributed by atoms with E-state index in [0.717, 1.165) is 24.1 Å². The Kier molecular flexibility index (Phi) is 6.49. The van der Waals surface area contributed by atoms with Crippen LogP contribution in [0.4, 0.5) is 0 Å². The molecular formula is C16H25NO3. The third-order valence-electron chi connectivity index (χ3n) is 3.75. The molecule has 0 saturated heterocycles. The van der Waals surface area contributed by atoms with Gasteiger partial charge in [0.2, 0.25) is 0 Å².